The molecule has 0 spiro atoms. The molecule has 1 aromatic heterocycles. The van der Waals surface area contributed by atoms with Crippen molar-refractivity contribution in [3.63, 3.8) is 0 Å². The predicted octanol–water partition coefficient (Wildman–Crippen LogP) is 5.41. The van der Waals surface area contributed by atoms with Gasteiger partial charge in [0, 0.05) is 18.5 Å². The molecular weight excluding hydrogens is 437 g/mol. The van der Waals surface area contributed by atoms with Crippen molar-refractivity contribution >= 4 is 22.9 Å². The fourth-order valence-corrected chi connectivity index (χ4v) is 3.53. The lowest BCUT2D eigenvalue weighted by Crippen LogP contribution is -2.33. The summed E-state index contributed by atoms with van der Waals surface area (Å²) in [7, 11) is 1.58. The van der Waals surface area contributed by atoms with Gasteiger partial charge in [0.15, 0.2) is 0 Å². The second-order valence-electron chi connectivity index (χ2n) is 9.07. The molecule has 0 saturated carbocycles. The first-order chi connectivity index (χ1) is 16.2. The lowest BCUT2D eigenvalue weighted by atomic mass is 10.0. The summed E-state index contributed by atoms with van der Waals surface area (Å²) in [5.41, 5.74) is 2.40. The second kappa shape index (κ2) is 11.0. The van der Waals surface area contributed by atoms with Crippen molar-refractivity contribution in [1.82, 2.24) is 15.6 Å². The van der Waals surface area contributed by atoms with E-state index in [2.05, 4.69) is 15.6 Å². The van der Waals surface area contributed by atoms with Crippen molar-refractivity contribution < 1.29 is 23.5 Å². The van der Waals surface area contributed by atoms with Gasteiger partial charge in [-0.05, 0) is 81.5 Å². The molecule has 0 saturated heterocycles. The third-order valence-electron chi connectivity index (χ3n) is 5.15. The number of hydrogen-bond donors (Lipinski definition) is 3. The first-order valence-electron chi connectivity index (χ1n) is 11.4. The number of amides is 2. The summed E-state index contributed by atoms with van der Waals surface area (Å²) in [6.07, 6.45) is 2.03. The van der Waals surface area contributed by atoms with Gasteiger partial charge in [-0.25, -0.2) is 9.18 Å². The Balaban J connectivity index is 1.51. The van der Waals surface area contributed by atoms with Gasteiger partial charge in [0.05, 0.1) is 12.6 Å². The Hall–Kier alpha value is -3.55. The largest absolute Gasteiger partial charge is 0.496 e. The molecule has 0 bridgehead atoms. The van der Waals surface area contributed by atoms with Crippen LogP contribution < -0.4 is 15.4 Å². The molecule has 2 aromatic carbocycles. The van der Waals surface area contributed by atoms with Gasteiger partial charge in [0.2, 0.25) is 0 Å². The number of methoxy groups -OCH3 is 1. The van der Waals surface area contributed by atoms with Gasteiger partial charge in [-0.2, -0.15) is 0 Å². The zero-order chi connectivity index (χ0) is 24.7. The van der Waals surface area contributed by atoms with Crippen LogP contribution in [0.4, 0.5) is 9.18 Å². The number of ether oxygens (including phenoxy) is 2. The Morgan fingerprint density at radius 3 is 2.26 bits per heavy atom. The summed E-state index contributed by atoms with van der Waals surface area (Å²) in [6.45, 7) is 6.52. The van der Waals surface area contributed by atoms with Crippen molar-refractivity contribution in [3.8, 4) is 16.9 Å². The Labute approximate surface area is 199 Å². The minimum absolute atomic E-state index is 0.200. The molecule has 0 atom stereocenters. The Morgan fingerprint density at radius 2 is 1.62 bits per heavy atom. The molecule has 0 aliphatic carbocycles. The molecule has 0 fully saturated rings. The van der Waals surface area contributed by atoms with Crippen molar-refractivity contribution in [2.24, 2.45) is 0 Å². The normalized spacial score (nSPS) is 11.3. The van der Waals surface area contributed by atoms with E-state index in [1.165, 1.54) is 12.1 Å². The van der Waals surface area contributed by atoms with Crippen LogP contribution in [0.5, 0.6) is 5.75 Å². The molecule has 3 aromatic rings. The Morgan fingerprint density at radius 1 is 0.941 bits per heavy atom. The standard InChI is InChI=1S/C26H32FN3O4/c1-26(2,3)34-25(32)29-13-7-5-6-12-28-24(31)22-16-20-21(30-22)14-18(15-23(20)33-4)17-8-10-19(27)11-9-17/h8-11,14-16,30H,5-7,12-13H2,1-4H3,(H,28,31)(H,29,32). The maximum atomic E-state index is 13.3. The van der Waals surface area contributed by atoms with Crippen molar-refractivity contribution in [2.75, 3.05) is 20.2 Å². The van der Waals surface area contributed by atoms with E-state index in [0.717, 1.165) is 41.3 Å². The molecule has 3 rings (SSSR count). The molecule has 3 N–H and O–H groups in total. The molecule has 2 amide bonds. The van der Waals surface area contributed by atoms with E-state index in [-0.39, 0.29) is 11.7 Å². The first kappa shape index (κ1) is 25.1. The summed E-state index contributed by atoms with van der Waals surface area (Å²) >= 11 is 0. The number of carbonyl (C=O) groups excluding carboxylic acids is 2. The summed E-state index contributed by atoms with van der Waals surface area (Å²) in [4.78, 5) is 27.4. The zero-order valence-corrected chi connectivity index (χ0v) is 20.1. The average Bonchev–Trinajstić information content (AvgIpc) is 3.21. The van der Waals surface area contributed by atoms with Crippen molar-refractivity contribution in [2.45, 2.75) is 45.6 Å². The number of aromatic amines is 1. The number of hydrogen-bond acceptors (Lipinski definition) is 4. The van der Waals surface area contributed by atoms with Gasteiger partial charge in [-0.15, -0.1) is 0 Å². The average molecular weight is 470 g/mol. The summed E-state index contributed by atoms with van der Waals surface area (Å²) in [6, 6.07) is 11.8. The number of carbonyl (C=O) groups is 2. The minimum atomic E-state index is -0.510. The topological polar surface area (TPSA) is 92.5 Å². The molecule has 0 aliphatic heterocycles. The van der Waals surface area contributed by atoms with Gasteiger partial charge >= 0.3 is 6.09 Å². The second-order valence-corrected chi connectivity index (χ2v) is 9.07. The van der Waals surface area contributed by atoms with Crippen LogP contribution in [0.1, 0.15) is 50.5 Å². The van der Waals surface area contributed by atoms with Gasteiger partial charge in [-0.1, -0.05) is 12.1 Å². The van der Waals surface area contributed by atoms with Gasteiger partial charge < -0.3 is 25.1 Å². The zero-order valence-electron chi connectivity index (χ0n) is 20.1. The van der Waals surface area contributed by atoms with Crippen LogP contribution in [0.3, 0.4) is 0 Å². The number of H-pyrrole nitrogens is 1. The van der Waals surface area contributed by atoms with Gasteiger partial charge in [-0.3, -0.25) is 4.79 Å². The first-order valence-corrected chi connectivity index (χ1v) is 11.4. The van der Waals surface area contributed by atoms with E-state index in [9.17, 15) is 14.0 Å². The van der Waals surface area contributed by atoms with Crippen LogP contribution in [0.25, 0.3) is 22.0 Å². The molecule has 34 heavy (non-hydrogen) atoms. The maximum absolute atomic E-state index is 13.3. The summed E-state index contributed by atoms with van der Waals surface area (Å²) in [5.74, 6) is 0.132. The number of halogens is 1. The van der Waals surface area contributed by atoms with E-state index >= 15 is 0 Å². The fourth-order valence-electron chi connectivity index (χ4n) is 3.53. The number of aromatic nitrogens is 1. The lowest BCUT2D eigenvalue weighted by molar-refractivity contribution is 0.0527. The van der Waals surface area contributed by atoms with Crippen LogP contribution >= 0.6 is 0 Å². The number of benzene rings is 2. The Bertz CT molecular complexity index is 1130. The molecule has 8 heteroatoms. The smallest absolute Gasteiger partial charge is 0.407 e. The number of fused-ring (bicyclic) bond motifs is 1. The molecular formula is C26H32FN3O4. The van der Waals surface area contributed by atoms with Crippen LogP contribution in [0.15, 0.2) is 42.5 Å². The highest BCUT2D eigenvalue weighted by Crippen LogP contribution is 2.33. The molecule has 182 valence electrons. The van der Waals surface area contributed by atoms with Crippen molar-refractivity contribution in [3.05, 3.63) is 54.0 Å². The highest BCUT2D eigenvalue weighted by atomic mass is 19.1. The van der Waals surface area contributed by atoms with E-state index in [1.807, 2.05) is 32.9 Å². The van der Waals surface area contributed by atoms with Gasteiger partial charge in [0.1, 0.15) is 22.9 Å². The quantitative estimate of drug-likeness (QED) is 0.366. The number of nitrogens with one attached hydrogen (secondary N) is 3. The van der Waals surface area contributed by atoms with Crippen LogP contribution in [0.2, 0.25) is 0 Å². The molecule has 0 aliphatic rings. The van der Waals surface area contributed by atoms with E-state index < -0.39 is 11.7 Å². The van der Waals surface area contributed by atoms with Crippen LogP contribution in [-0.4, -0.2) is 42.8 Å². The highest BCUT2D eigenvalue weighted by molar-refractivity contribution is 6.01. The van der Waals surface area contributed by atoms with Crippen LogP contribution in [-0.2, 0) is 4.74 Å². The lowest BCUT2D eigenvalue weighted by Gasteiger charge is -2.19. The third kappa shape index (κ3) is 6.97. The SMILES string of the molecule is COc1cc(-c2ccc(F)cc2)cc2[nH]c(C(=O)NCCCCCNC(=O)OC(C)(C)C)cc12. The highest BCUT2D eigenvalue weighted by Gasteiger charge is 2.16. The predicted molar refractivity (Wildman–Crippen MR) is 131 cm³/mol. The molecule has 0 radical (unpaired) electrons. The van der Waals surface area contributed by atoms with E-state index in [4.69, 9.17) is 9.47 Å². The number of alkyl carbamates (subject to hydrolysis) is 1. The van der Waals surface area contributed by atoms with E-state index in [0.29, 0.717) is 24.5 Å². The summed E-state index contributed by atoms with van der Waals surface area (Å²) < 4.78 is 24.0. The molecule has 7 nitrogen and oxygen atoms in total. The number of rotatable bonds is 9. The number of unbranched alkanes of at least 4 members (excludes halogenated alkanes) is 2. The van der Waals surface area contributed by atoms with Crippen molar-refractivity contribution in [1.29, 1.82) is 0 Å². The minimum Gasteiger partial charge on any atom is -0.496 e. The Kier molecular flexibility index (Phi) is 8.15. The van der Waals surface area contributed by atoms with Crippen LogP contribution in [0, 0.1) is 5.82 Å². The third-order valence-corrected chi connectivity index (χ3v) is 5.15. The summed E-state index contributed by atoms with van der Waals surface area (Å²) in [5, 5.41) is 6.44. The maximum Gasteiger partial charge on any atom is 0.407 e. The molecule has 0 unspecified atom stereocenters. The molecule has 1 heterocycles. The fraction of sp³-hybridized carbons (Fsp3) is 0.385. The van der Waals surface area contributed by atoms with E-state index in [1.54, 1.807) is 25.3 Å². The monoisotopic (exact) mass is 469 g/mol. The van der Waals surface area contributed by atoms with Gasteiger partial charge in [0.25, 0.3) is 5.91 Å².